The van der Waals surface area contributed by atoms with Gasteiger partial charge in [0, 0.05) is 12.0 Å². The molecule has 16 heavy (non-hydrogen) atoms. The molecule has 0 spiro atoms. The molecule has 1 atom stereocenters. The molecule has 2 heterocycles. The van der Waals surface area contributed by atoms with Crippen molar-refractivity contribution in [1.29, 1.82) is 0 Å². The fraction of sp³-hybridized carbons (Fsp3) is 0.833. The van der Waals surface area contributed by atoms with Gasteiger partial charge in [-0.15, -0.1) is 0 Å². The minimum absolute atomic E-state index is 0.594. The highest BCUT2D eigenvalue weighted by Crippen LogP contribution is 2.38. The van der Waals surface area contributed by atoms with Gasteiger partial charge in [-0.2, -0.15) is 4.98 Å². The molecule has 0 unspecified atom stereocenters. The van der Waals surface area contributed by atoms with Gasteiger partial charge in [0.25, 0.3) is 0 Å². The lowest BCUT2D eigenvalue weighted by molar-refractivity contribution is 0.135. The first kappa shape index (κ1) is 10.3. The van der Waals surface area contributed by atoms with E-state index in [1.807, 2.05) is 0 Å². The highest BCUT2D eigenvalue weighted by atomic mass is 16.5. The molecule has 2 fully saturated rings. The van der Waals surface area contributed by atoms with Crippen LogP contribution in [0.25, 0.3) is 0 Å². The van der Waals surface area contributed by atoms with Crippen LogP contribution in [-0.4, -0.2) is 27.6 Å². The third-order valence-corrected chi connectivity index (χ3v) is 3.71. The van der Waals surface area contributed by atoms with E-state index in [2.05, 4.69) is 22.0 Å². The zero-order valence-electron chi connectivity index (χ0n) is 9.85. The fourth-order valence-corrected chi connectivity index (χ4v) is 2.41. The number of likely N-dealkylation sites (tertiary alicyclic amines) is 1. The Morgan fingerprint density at radius 2 is 2.19 bits per heavy atom. The Hall–Kier alpha value is -0.900. The summed E-state index contributed by atoms with van der Waals surface area (Å²) in [7, 11) is 0. The van der Waals surface area contributed by atoms with Crippen molar-refractivity contribution in [3.05, 3.63) is 11.7 Å². The summed E-state index contributed by atoms with van der Waals surface area (Å²) in [4.78, 5) is 6.93. The van der Waals surface area contributed by atoms with Crippen LogP contribution in [0.2, 0.25) is 0 Å². The quantitative estimate of drug-likeness (QED) is 0.785. The van der Waals surface area contributed by atoms with Crippen molar-refractivity contribution < 1.29 is 4.52 Å². The summed E-state index contributed by atoms with van der Waals surface area (Å²) in [5, 5.41) is 4.06. The average molecular weight is 221 g/mol. The summed E-state index contributed by atoms with van der Waals surface area (Å²) in [5.74, 6) is 2.33. The molecule has 0 aromatic carbocycles. The highest BCUT2D eigenvalue weighted by molar-refractivity contribution is 5.03. The van der Waals surface area contributed by atoms with E-state index in [9.17, 15) is 0 Å². The van der Waals surface area contributed by atoms with E-state index in [0.29, 0.717) is 12.0 Å². The van der Waals surface area contributed by atoms with Gasteiger partial charge in [-0.25, -0.2) is 0 Å². The second-order valence-electron chi connectivity index (χ2n) is 5.14. The Bertz CT molecular complexity index is 359. The smallest absolute Gasteiger partial charge is 0.240 e. The van der Waals surface area contributed by atoms with Crippen molar-refractivity contribution in [3.8, 4) is 0 Å². The largest absolute Gasteiger partial charge is 0.338 e. The number of hydrogen-bond donors (Lipinski definition) is 0. The fourth-order valence-electron chi connectivity index (χ4n) is 2.41. The summed E-state index contributed by atoms with van der Waals surface area (Å²) >= 11 is 0. The van der Waals surface area contributed by atoms with Gasteiger partial charge in [0.15, 0.2) is 5.82 Å². The van der Waals surface area contributed by atoms with E-state index in [1.54, 1.807) is 0 Å². The summed E-state index contributed by atoms with van der Waals surface area (Å²) in [6.45, 7) is 4.29. The molecule has 1 saturated heterocycles. The second kappa shape index (κ2) is 4.17. The van der Waals surface area contributed by atoms with Gasteiger partial charge < -0.3 is 4.52 Å². The van der Waals surface area contributed by atoms with Gasteiger partial charge in [0.1, 0.15) is 0 Å². The molecule has 88 valence electrons. The van der Waals surface area contributed by atoms with Crippen LogP contribution in [-0.2, 0) is 6.54 Å². The zero-order chi connectivity index (χ0) is 11.0. The van der Waals surface area contributed by atoms with Crippen molar-refractivity contribution in [2.75, 3.05) is 6.54 Å². The maximum Gasteiger partial charge on any atom is 0.240 e. The van der Waals surface area contributed by atoms with Crippen LogP contribution in [0.5, 0.6) is 0 Å². The first-order chi connectivity index (χ1) is 7.83. The Morgan fingerprint density at radius 3 is 2.94 bits per heavy atom. The summed E-state index contributed by atoms with van der Waals surface area (Å²) in [5.41, 5.74) is 0. The van der Waals surface area contributed by atoms with Crippen molar-refractivity contribution in [2.24, 2.45) is 0 Å². The second-order valence-corrected chi connectivity index (χ2v) is 5.14. The van der Waals surface area contributed by atoms with Gasteiger partial charge >= 0.3 is 0 Å². The van der Waals surface area contributed by atoms with E-state index < -0.39 is 0 Å². The Morgan fingerprint density at radius 1 is 1.31 bits per heavy atom. The Labute approximate surface area is 96.0 Å². The SMILES string of the molecule is C[C@@H]1CCCCN1Cc1nc(C2CC2)no1. The molecule has 1 aliphatic heterocycles. The summed E-state index contributed by atoms with van der Waals surface area (Å²) in [6, 6.07) is 0.657. The lowest BCUT2D eigenvalue weighted by Crippen LogP contribution is -2.36. The van der Waals surface area contributed by atoms with Crippen LogP contribution in [0.15, 0.2) is 4.52 Å². The number of rotatable bonds is 3. The van der Waals surface area contributed by atoms with E-state index in [1.165, 1.54) is 38.6 Å². The van der Waals surface area contributed by atoms with Crippen molar-refractivity contribution in [1.82, 2.24) is 15.0 Å². The maximum atomic E-state index is 5.31. The number of piperidine rings is 1. The average Bonchev–Trinajstić information content (AvgIpc) is 3.03. The van der Waals surface area contributed by atoms with E-state index in [0.717, 1.165) is 18.3 Å². The minimum atomic E-state index is 0.594. The van der Waals surface area contributed by atoms with E-state index in [4.69, 9.17) is 4.52 Å². The molecule has 2 aliphatic rings. The maximum absolute atomic E-state index is 5.31. The van der Waals surface area contributed by atoms with Crippen LogP contribution < -0.4 is 0 Å². The molecular weight excluding hydrogens is 202 g/mol. The molecule has 1 aliphatic carbocycles. The van der Waals surface area contributed by atoms with Crippen LogP contribution in [0.1, 0.15) is 56.7 Å². The van der Waals surface area contributed by atoms with Gasteiger partial charge in [-0.1, -0.05) is 11.6 Å². The topological polar surface area (TPSA) is 42.2 Å². The Kier molecular flexibility index (Phi) is 2.67. The van der Waals surface area contributed by atoms with Crippen molar-refractivity contribution in [3.63, 3.8) is 0 Å². The molecule has 0 bridgehead atoms. The van der Waals surface area contributed by atoms with Crippen molar-refractivity contribution in [2.45, 2.75) is 57.5 Å². The highest BCUT2D eigenvalue weighted by Gasteiger charge is 2.29. The molecule has 4 nitrogen and oxygen atoms in total. The predicted octanol–water partition coefficient (Wildman–Crippen LogP) is 2.32. The van der Waals surface area contributed by atoms with Gasteiger partial charge in [-0.3, -0.25) is 4.90 Å². The van der Waals surface area contributed by atoms with Gasteiger partial charge in [0.2, 0.25) is 5.89 Å². The first-order valence-electron chi connectivity index (χ1n) is 6.39. The molecule has 3 rings (SSSR count). The summed E-state index contributed by atoms with van der Waals surface area (Å²) < 4.78 is 5.31. The van der Waals surface area contributed by atoms with Crippen LogP contribution in [0.3, 0.4) is 0 Å². The number of nitrogens with zero attached hydrogens (tertiary/aromatic N) is 3. The molecule has 4 heteroatoms. The number of aromatic nitrogens is 2. The van der Waals surface area contributed by atoms with Gasteiger partial charge in [0.05, 0.1) is 6.54 Å². The molecule has 1 aromatic rings. The molecule has 0 radical (unpaired) electrons. The van der Waals surface area contributed by atoms with Crippen LogP contribution >= 0.6 is 0 Å². The molecule has 0 amide bonds. The molecule has 1 aromatic heterocycles. The van der Waals surface area contributed by atoms with Crippen molar-refractivity contribution >= 4 is 0 Å². The lowest BCUT2D eigenvalue weighted by atomic mass is 10.0. The first-order valence-corrected chi connectivity index (χ1v) is 6.39. The predicted molar refractivity (Wildman–Crippen MR) is 60.0 cm³/mol. The molecule has 1 saturated carbocycles. The third kappa shape index (κ3) is 2.12. The van der Waals surface area contributed by atoms with Crippen LogP contribution in [0, 0.1) is 0 Å². The normalized spacial score (nSPS) is 27.2. The molecule has 0 N–H and O–H groups in total. The third-order valence-electron chi connectivity index (χ3n) is 3.71. The van der Waals surface area contributed by atoms with Crippen LogP contribution in [0.4, 0.5) is 0 Å². The zero-order valence-corrected chi connectivity index (χ0v) is 9.85. The monoisotopic (exact) mass is 221 g/mol. The van der Waals surface area contributed by atoms with E-state index in [-0.39, 0.29) is 0 Å². The van der Waals surface area contributed by atoms with Gasteiger partial charge in [-0.05, 0) is 39.2 Å². The molecular formula is C12H19N3O. The minimum Gasteiger partial charge on any atom is -0.338 e. The summed E-state index contributed by atoms with van der Waals surface area (Å²) in [6.07, 6.45) is 6.42. The van der Waals surface area contributed by atoms with E-state index >= 15 is 0 Å². The number of hydrogen-bond acceptors (Lipinski definition) is 4. The lowest BCUT2D eigenvalue weighted by Gasteiger charge is -2.31. The Balaban J connectivity index is 1.63. The standard InChI is InChI=1S/C12H19N3O/c1-9-4-2-3-7-15(9)8-11-13-12(14-16-11)10-5-6-10/h9-10H,2-8H2,1H3/t9-/m1/s1.